The van der Waals surface area contributed by atoms with Crippen molar-refractivity contribution in [3.05, 3.63) is 77.1 Å². The van der Waals surface area contributed by atoms with Gasteiger partial charge in [-0.3, -0.25) is 5.10 Å². The van der Waals surface area contributed by atoms with Crippen molar-refractivity contribution in [3.8, 4) is 0 Å². The molecule has 0 spiro atoms. The highest BCUT2D eigenvalue weighted by molar-refractivity contribution is 5.55. The second-order valence-electron chi connectivity index (χ2n) is 7.14. The van der Waals surface area contributed by atoms with Gasteiger partial charge >= 0.3 is 0 Å². The Kier molecular flexibility index (Phi) is 5.84. The molecule has 0 saturated heterocycles. The molecule has 1 atom stereocenters. The number of hydrogen-bond donors (Lipinski definition) is 1. The first-order chi connectivity index (χ1) is 13.0. The van der Waals surface area contributed by atoms with E-state index in [1.165, 1.54) is 28.1 Å². The Balaban J connectivity index is 2.04. The van der Waals surface area contributed by atoms with E-state index in [9.17, 15) is 0 Å². The Morgan fingerprint density at radius 1 is 0.926 bits per heavy atom. The number of nitrogens with zero attached hydrogens (tertiary/aromatic N) is 3. The van der Waals surface area contributed by atoms with Crippen molar-refractivity contribution in [2.24, 2.45) is 0 Å². The van der Waals surface area contributed by atoms with Gasteiger partial charge in [0.15, 0.2) is 0 Å². The molecule has 4 nitrogen and oxygen atoms in total. The summed E-state index contributed by atoms with van der Waals surface area (Å²) in [6.45, 7) is 8.65. The van der Waals surface area contributed by atoms with Gasteiger partial charge < -0.3 is 9.80 Å². The number of benzene rings is 2. The Morgan fingerprint density at radius 3 is 2.11 bits per heavy atom. The Hall–Kier alpha value is -2.75. The summed E-state index contributed by atoms with van der Waals surface area (Å²) in [7, 11) is 4.13. The van der Waals surface area contributed by atoms with Gasteiger partial charge in [0, 0.05) is 50.5 Å². The number of H-pyrrole nitrogens is 1. The highest BCUT2D eigenvalue weighted by Crippen LogP contribution is 2.35. The molecule has 0 amide bonds. The van der Waals surface area contributed by atoms with Gasteiger partial charge in [-0.2, -0.15) is 5.10 Å². The van der Waals surface area contributed by atoms with E-state index in [0.29, 0.717) is 0 Å². The average molecular weight is 363 g/mol. The molecule has 0 fully saturated rings. The fourth-order valence-corrected chi connectivity index (χ4v) is 3.69. The van der Waals surface area contributed by atoms with Crippen LogP contribution in [0.3, 0.4) is 0 Å². The first kappa shape index (κ1) is 19.0. The van der Waals surface area contributed by atoms with Crippen molar-refractivity contribution in [2.45, 2.75) is 26.7 Å². The third-order valence-electron chi connectivity index (χ3n) is 5.27. The minimum atomic E-state index is 0.148. The first-order valence-electron chi connectivity index (χ1n) is 9.67. The zero-order valence-corrected chi connectivity index (χ0v) is 17.0. The van der Waals surface area contributed by atoms with Crippen molar-refractivity contribution in [3.63, 3.8) is 0 Å². The number of rotatable bonds is 7. The minimum absolute atomic E-state index is 0.148. The highest BCUT2D eigenvalue weighted by Gasteiger charge is 2.20. The molecule has 2 aromatic carbocycles. The van der Waals surface area contributed by atoms with Gasteiger partial charge in [-0.05, 0) is 67.8 Å². The second-order valence-corrected chi connectivity index (χ2v) is 7.14. The molecule has 27 heavy (non-hydrogen) atoms. The van der Waals surface area contributed by atoms with Crippen LogP contribution in [0.1, 0.15) is 42.1 Å². The van der Waals surface area contributed by atoms with E-state index in [0.717, 1.165) is 18.8 Å². The summed E-state index contributed by atoms with van der Waals surface area (Å²) in [5.74, 6) is 0.148. The average Bonchev–Trinajstić information content (AvgIpc) is 3.19. The van der Waals surface area contributed by atoms with Crippen molar-refractivity contribution < 1.29 is 0 Å². The van der Waals surface area contributed by atoms with Crippen molar-refractivity contribution >= 4 is 11.4 Å². The summed E-state index contributed by atoms with van der Waals surface area (Å²) in [4.78, 5) is 4.51. The highest BCUT2D eigenvalue weighted by atomic mass is 15.1. The second kappa shape index (κ2) is 8.30. The molecule has 4 heteroatoms. The van der Waals surface area contributed by atoms with Gasteiger partial charge in [0.1, 0.15) is 0 Å². The number of aromatic nitrogens is 2. The number of nitrogens with one attached hydrogen (secondary N) is 1. The van der Waals surface area contributed by atoms with Crippen LogP contribution in [0, 0.1) is 6.92 Å². The van der Waals surface area contributed by atoms with Crippen LogP contribution in [0.15, 0.2) is 54.7 Å². The van der Waals surface area contributed by atoms with Gasteiger partial charge in [-0.25, -0.2) is 0 Å². The van der Waals surface area contributed by atoms with Gasteiger partial charge in [0.05, 0.1) is 5.92 Å². The van der Waals surface area contributed by atoms with Crippen LogP contribution in [0.2, 0.25) is 0 Å². The molecular weight excluding hydrogens is 332 g/mol. The van der Waals surface area contributed by atoms with Crippen molar-refractivity contribution in [1.82, 2.24) is 10.2 Å². The van der Waals surface area contributed by atoms with E-state index < -0.39 is 0 Å². The third kappa shape index (κ3) is 4.00. The molecular formula is C23H30N4. The molecule has 3 aromatic rings. The predicted molar refractivity (Wildman–Crippen MR) is 115 cm³/mol. The lowest BCUT2D eigenvalue weighted by atomic mass is 9.85. The lowest BCUT2D eigenvalue weighted by Crippen LogP contribution is -2.22. The predicted octanol–water partition coefficient (Wildman–Crippen LogP) is 4.81. The Morgan fingerprint density at radius 2 is 1.59 bits per heavy atom. The Labute approximate surface area is 162 Å². The molecule has 1 aromatic heterocycles. The molecule has 1 N–H and O–H groups in total. The summed E-state index contributed by atoms with van der Waals surface area (Å²) in [6, 6.07) is 17.7. The molecule has 0 radical (unpaired) electrons. The molecule has 1 heterocycles. The number of aromatic amines is 1. The van der Waals surface area contributed by atoms with Gasteiger partial charge in [0.25, 0.3) is 0 Å². The number of aryl methyl sites for hydroxylation is 1. The molecule has 3 rings (SSSR count). The maximum atomic E-state index is 4.20. The third-order valence-corrected chi connectivity index (χ3v) is 5.27. The van der Waals surface area contributed by atoms with E-state index in [1.807, 2.05) is 6.20 Å². The van der Waals surface area contributed by atoms with Gasteiger partial charge in [-0.1, -0.05) is 18.2 Å². The standard InChI is InChI=1S/C23H30N4/c1-6-27(7-2)20-12-13-21(17(3)16-20)23(22-14-15-24-25-22)18-8-10-19(11-9-18)26(4)5/h8-16,23H,6-7H2,1-5H3,(H,24,25). The lowest BCUT2D eigenvalue weighted by Gasteiger charge is -2.25. The fourth-order valence-electron chi connectivity index (χ4n) is 3.69. The van der Waals surface area contributed by atoms with Crippen molar-refractivity contribution in [2.75, 3.05) is 37.0 Å². The molecule has 0 bridgehead atoms. The van der Waals surface area contributed by atoms with Gasteiger partial charge in [0.2, 0.25) is 0 Å². The van der Waals surface area contributed by atoms with Crippen LogP contribution < -0.4 is 9.80 Å². The summed E-state index contributed by atoms with van der Waals surface area (Å²) >= 11 is 0. The maximum Gasteiger partial charge on any atom is 0.0509 e. The molecule has 0 aliphatic carbocycles. The molecule has 1 unspecified atom stereocenters. The first-order valence-corrected chi connectivity index (χ1v) is 9.67. The quantitative estimate of drug-likeness (QED) is 0.655. The van der Waals surface area contributed by atoms with Gasteiger partial charge in [-0.15, -0.1) is 0 Å². The van der Waals surface area contributed by atoms with E-state index in [-0.39, 0.29) is 5.92 Å². The number of hydrogen-bond acceptors (Lipinski definition) is 3. The van der Waals surface area contributed by atoms with E-state index in [1.54, 1.807) is 0 Å². The zero-order chi connectivity index (χ0) is 19.4. The Bertz CT molecular complexity index is 847. The smallest absolute Gasteiger partial charge is 0.0509 e. The van der Waals surface area contributed by atoms with E-state index in [2.05, 4.69) is 103 Å². The minimum Gasteiger partial charge on any atom is -0.378 e. The molecule has 0 saturated carbocycles. The lowest BCUT2D eigenvalue weighted by molar-refractivity contribution is 0.858. The van der Waals surface area contributed by atoms with Crippen LogP contribution in [-0.4, -0.2) is 37.4 Å². The van der Waals surface area contributed by atoms with Crippen LogP contribution in [0.5, 0.6) is 0 Å². The summed E-state index contributed by atoms with van der Waals surface area (Å²) in [5, 5.41) is 7.39. The summed E-state index contributed by atoms with van der Waals surface area (Å²) in [5.41, 5.74) is 7.49. The van der Waals surface area contributed by atoms with Crippen LogP contribution >= 0.6 is 0 Å². The largest absolute Gasteiger partial charge is 0.378 e. The number of anilines is 2. The SMILES string of the molecule is CCN(CC)c1ccc(C(c2ccc(N(C)C)cc2)c2ccn[nH]2)c(C)c1. The van der Waals surface area contributed by atoms with E-state index in [4.69, 9.17) is 0 Å². The van der Waals surface area contributed by atoms with Crippen LogP contribution in [-0.2, 0) is 0 Å². The fraction of sp³-hybridized carbons (Fsp3) is 0.348. The zero-order valence-electron chi connectivity index (χ0n) is 17.0. The topological polar surface area (TPSA) is 35.2 Å². The van der Waals surface area contributed by atoms with Crippen molar-refractivity contribution in [1.29, 1.82) is 0 Å². The molecule has 142 valence electrons. The van der Waals surface area contributed by atoms with E-state index >= 15 is 0 Å². The molecule has 0 aliphatic rings. The summed E-state index contributed by atoms with van der Waals surface area (Å²) < 4.78 is 0. The summed E-state index contributed by atoms with van der Waals surface area (Å²) in [6.07, 6.45) is 1.83. The van der Waals surface area contributed by atoms with Crippen LogP contribution in [0.25, 0.3) is 0 Å². The maximum absolute atomic E-state index is 4.20. The van der Waals surface area contributed by atoms with Crippen LogP contribution in [0.4, 0.5) is 11.4 Å². The monoisotopic (exact) mass is 362 g/mol. The molecule has 0 aliphatic heterocycles. The normalized spacial score (nSPS) is 12.0.